The van der Waals surface area contributed by atoms with E-state index >= 15 is 0 Å². The topological polar surface area (TPSA) is 41.6 Å². The van der Waals surface area contributed by atoms with E-state index in [2.05, 4.69) is 5.32 Å². The van der Waals surface area contributed by atoms with E-state index in [1.807, 2.05) is 23.1 Å². The number of piperidine rings is 1. The third kappa shape index (κ3) is 2.32. The molecule has 4 nitrogen and oxygen atoms in total. The first-order valence-electron chi connectivity index (χ1n) is 6.98. The highest BCUT2D eigenvalue weighted by Crippen LogP contribution is 2.26. The quantitative estimate of drug-likeness (QED) is 0.875. The number of benzene rings is 1. The van der Waals surface area contributed by atoms with Gasteiger partial charge in [0.25, 0.3) is 5.91 Å². The lowest BCUT2D eigenvalue weighted by Gasteiger charge is -2.37. The van der Waals surface area contributed by atoms with Gasteiger partial charge in [-0.1, -0.05) is 0 Å². The first-order chi connectivity index (χ1) is 9.29. The number of hydrogen-bond donors (Lipinski definition) is 1. The lowest BCUT2D eigenvalue weighted by atomic mass is 9.95. The van der Waals surface area contributed by atoms with Crippen molar-refractivity contribution in [1.82, 2.24) is 10.2 Å². The summed E-state index contributed by atoms with van der Waals surface area (Å²) in [5.74, 6) is 1.01. The van der Waals surface area contributed by atoms with Crippen LogP contribution in [0.4, 0.5) is 0 Å². The Bertz CT molecular complexity index is 481. The van der Waals surface area contributed by atoms with Gasteiger partial charge in [-0.15, -0.1) is 0 Å². The zero-order chi connectivity index (χ0) is 13.2. The van der Waals surface area contributed by atoms with Crippen molar-refractivity contribution in [1.29, 1.82) is 0 Å². The van der Waals surface area contributed by atoms with Crippen LogP contribution >= 0.6 is 0 Å². The number of amides is 1. The highest BCUT2D eigenvalue weighted by atomic mass is 16.5. The molecule has 102 valence electrons. The Morgan fingerprint density at radius 1 is 1.42 bits per heavy atom. The van der Waals surface area contributed by atoms with Gasteiger partial charge in [-0.2, -0.15) is 0 Å². The minimum absolute atomic E-state index is 0.178. The minimum Gasteiger partial charge on any atom is -0.497 e. The van der Waals surface area contributed by atoms with E-state index in [1.54, 1.807) is 7.11 Å². The predicted molar refractivity (Wildman–Crippen MR) is 73.6 cm³/mol. The molecule has 0 saturated carbocycles. The molecule has 2 heterocycles. The molecule has 19 heavy (non-hydrogen) atoms. The van der Waals surface area contributed by atoms with Gasteiger partial charge in [0, 0.05) is 24.7 Å². The Balaban J connectivity index is 1.83. The van der Waals surface area contributed by atoms with E-state index in [0.29, 0.717) is 6.04 Å². The smallest absolute Gasteiger partial charge is 0.254 e. The third-order valence-corrected chi connectivity index (χ3v) is 4.14. The number of nitrogens with zero attached hydrogens (tertiary/aromatic N) is 1. The van der Waals surface area contributed by atoms with Gasteiger partial charge in [0.2, 0.25) is 0 Å². The van der Waals surface area contributed by atoms with Gasteiger partial charge in [-0.05, 0) is 49.6 Å². The molecule has 4 heteroatoms. The van der Waals surface area contributed by atoms with E-state index in [4.69, 9.17) is 4.74 Å². The van der Waals surface area contributed by atoms with Crippen LogP contribution in [-0.2, 0) is 6.42 Å². The average molecular weight is 260 g/mol. The molecule has 1 fully saturated rings. The van der Waals surface area contributed by atoms with Crippen LogP contribution in [0.1, 0.15) is 28.8 Å². The van der Waals surface area contributed by atoms with Gasteiger partial charge in [0.1, 0.15) is 5.75 Å². The summed E-state index contributed by atoms with van der Waals surface area (Å²) >= 11 is 0. The second-order valence-electron chi connectivity index (χ2n) is 5.27. The zero-order valence-corrected chi connectivity index (χ0v) is 11.3. The Hall–Kier alpha value is -1.55. The standard InChI is InChI=1S/C15H20N2O2/c1-19-13-4-5-14-11(9-13)6-8-17(15(14)18)12-3-2-7-16-10-12/h4-5,9,12,16H,2-3,6-8,10H2,1H3. The molecular formula is C15H20N2O2. The van der Waals surface area contributed by atoms with Crippen LogP contribution < -0.4 is 10.1 Å². The Morgan fingerprint density at radius 2 is 2.32 bits per heavy atom. The molecule has 0 bridgehead atoms. The zero-order valence-electron chi connectivity index (χ0n) is 11.3. The molecule has 1 aromatic carbocycles. The highest BCUT2D eigenvalue weighted by molar-refractivity contribution is 5.97. The maximum atomic E-state index is 12.6. The summed E-state index contributed by atoms with van der Waals surface area (Å²) in [6.45, 7) is 2.83. The predicted octanol–water partition coefficient (Wildman–Crippen LogP) is 1.45. The van der Waals surface area contributed by atoms with E-state index in [0.717, 1.165) is 55.8 Å². The summed E-state index contributed by atoms with van der Waals surface area (Å²) in [4.78, 5) is 14.6. The Morgan fingerprint density at radius 3 is 3.05 bits per heavy atom. The van der Waals surface area contributed by atoms with Crippen LogP contribution in [-0.4, -0.2) is 43.6 Å². The molecule has 0 spiro atoms. The van der Waals surface area contributed by atoms with Gasteiger partial charge in [0.05, 0.1) is 7.11 Å². The largest absolute Gasteiger partial charge is 0.497 e. The molecule has 1 unspecified atom stereocenters. The molecule has 1 aromatic rings. The molecular weight excluding hydrogens is 240 g/mol. The van der Waals surface area contributed by atoms with Crippen LogP contribution in [0.15, 0.2) is 18.2 Å². The van der Waals surface area contributed by atoms with Gasteiger partial charge in [0.15, 0.2) is 0 Å². The van der Waals surface area contributed by atoms with E-state index in [1.165, 1.54) is 0 Å². The second kappa shape index (κ2) is 5.21. The second-order valence-corrected chi connectivity index (χ2v) is 5.27. The van der Waals surface area contributed by atoms with Crippen molar-refractivity contribution in [3.05, 3.63) is 29.3 Å². The molecule has 1 saturated heterocycles. The lowest BCUT2D eigenvalue weighted by molar-refractivity contribution is 0.0630. The maximum Gasteiger partial charge on any atom is 0.254 e. The first-order valence-corrected chi connectivity index (χ1v) is 6.98. The average Bonchev–Trinajstić information content (AvgIpc) is 2.48. The number of ether oxygens (including phenoxy) is 1. The van der Waals surface area contributed by atoms with Crippen molar-refractivity contribution in [2.75, 3.05) is 26.7 Å². The number of rotatable bonds is 2. The number of carbonyl (C=O) groups excluding carboxylic acids is 1. The third-order valence-electron chi connectivity index (χ3n) is 4.14. The summed E-state index contributed by atoms with van der Waals surface area (Å²) < 4.78 is 5.22. The molecule has 0 aromatic heterocycles. The van der Waals surface area contributed by atoms with Crippen molar-refractivity contribution in [3.8, 4) is 5.75 Å². The molecule has 2 aliphatic heterocycles. The Kier molecular flexibility index (Phi) is 3.42. The van der Waals surface area contributed by atoms with Crippen molar-refractivity contribution < 1.29 is 9.53 Å². The summed E-state index contributed by atoms with van der Waals surface area (Å²) in [6, 6.07) is 6.12. The van der Waals surface area contributed by atoms with Gasteiger partial charge >= 0.3 is 0 Å². The first kappa shape index (κ1) is 12.5. The molecule has 1 amide bonds. The highest BCUT2D eigenvalue weighted by Gasteiger charge is 2.30. The van der Waals surface area contributed by atoms with E-state index in [-0.39, 0.29) is 5.91 Å². The van der Waals surface area contributed by atoms with E-state index < -0.39 is 0 Å². The normalized spacial score (nSPS) is 23.1. The number of nitrogens with one attached hydrogen (secondary N) is 1. The van der Waals surface area contributed by atoms with Crippen LogP contribution in [0, 0.1) is 0 Å². The molecule has 2 aliphatic rings. The van der Waals surface area contributed by atoms with Crippen molar-refractivity contribution in [2.45, 2.75) is 25.3 Å². The summed E-state index contributed by atoms with van der Waals surface area (Å²) in [6.07, 6.45) is 3.20. The van der Waals surface area contributed by atoms with Crippen LogP contribution in [0.3, 0.4) is 0 Å². The van der Waals surface area contributed by atoms with Crippen LogP contribution in [0.5, 0.6) is 5.75 Å². The Labute approximate surface area is 113 Å². The fraction of sp³-hybridized carbons (Fsp3) is 0.533. The van der Waals surface area contributed by atoms with Gasteiger partial charge < -0.3 is 15.0 Å². The van der Waals surface area contributed by atoms with Crippen LogP contribution in [0.25, 0.3) is 0 Å². The van der Waals surface area contributed by atoms with Gasteiger partial charge in [-0.25, -0.2) is 0 Å². The van der Waals surface area contributed by atoms with Crippen LogP contribution in [0.2, 0.25) is 0 Å². The molecule has 3 rings (SSSR count). The SMILES string of the molecule is COc1ccc2c(c1)CCN(C1CCCNC1)C2=O. The van der Waals surface area contributed by atoms with Gasteiger partial charge in [-0.3, -0.25) is 4.79 Å². The number of hydrogen-bond acceptors (Lipinski definition) is 3. The summed E-state index contributed by atoms with van der Waals surface area (Å²) in [5, 5.41) is 3.38. The fourth-order valence-electron chi connectivity index (χ4n) is 3.06. The monoisotopic (exact) mass is 260 g/mol. The van der Waals surface area contributed by atoms with Crippen molar-refractivity contribution in [2.24, 2.45) is 0 Å². The fourth-order valence-corrected chi connectivity index (χ4v) is 3.06. The summed E-state index contributed by atoms with van der Waals surface area (Å²) in [7, 11) is 1.66. The summed E-state index contributed by atoms with van der Waals surface area (Å²) in [5.41, 5.74) is 1.96. The molecule has 1 N–H and O–H groups in total. The number of fused-ring (bicyclic) bond motifs is 1. The molecule has 0 aliphatic carbocycles. The molecule has 1 atom stereocenters. The number of methoxy groups -OCH3 is 1. The van der Waals surface area contributed by atoms with E-state index in [9.17, 15) is 4.79 Å². The number of carbonyl (C=O) groups is 1. The van der Waals surface area contributed by atoms with Crippen molar-refractivity contribution >= 4 is 5.91 Å². The minimum atomic E-state index is 0.178. The van der Waals surface area contributed by atoms with Crippen molar-refractivity contribution in [3.63, 3.8) is 0 Å². The molecule has 0 radical (unpaired) electrons. The maximum absolute atomic E-state index is 12.6. The lowest BCUT2D eigenvalue weighted by Crippen LogP contribution is -2.51.